The Bertz CT molecular complexity index is 529. The molecule has 0 spiro atoms. The molecule has 3 rings (SSSR count). The fourth-order valence-corrected chi connectivity index (χ4v) is 1.96. The van der Waals surface area contributed by atoms with Crippen LogP contribution >= 0.6 is 0 Å². The van der Waals surface area contributed by atoms with Gasteiger partial charge in [0.25, 0.3) is 0 Å². The van der Waals surface area contributed by atoms with E-state index in [0.717, 1.165) is 23.2 Å². The lowest BCUT2D eigenvalue weighted by molar-refractivity contribution is 0.730. The maximum Gasteiger partial charge on any atom is 0.157 e. The third kappa shape index (κ3) is 1.21. The van der Waals surface area contributed by atoms with E-state index in [1.54, 1.807) is 6.20 Å². The molecule has 0 aliphatic carbocycles. The van der Waals surface area contributed by atoms with E-state index in [1.807, 2.05) is 12.1 Å². The molecule has 1 N–H and O–H groups in total. The van der Waals surface area contributed by atoms with Crippen molar-refractivity contribution in [3.05, 3.63) is 30.0 Å². The molecule has 1 aliphatic heterocycles. The van der Waals surface area contributed by atoms with Crippen LogP contribution < -0.4 is 5.32 Å². The number of fused-ring (bicyclic) bond motifs is 3. The summed E-state index contributed by atoms with van der Waals surface area (Å²) in [6.07, 6.45) is 1.79. The maximum atomic E-state index is 4.31. The first-order chi connectivity index (χ1) is 7.77. The molecule has 1 aliphatic rings. The van der Waals surface area contributed by atoms with E-state index in [4.69, 9.17) is 0 Å². The molecule has 0 aromatic carbocycles. The van der Waals surface area contributed by atoms with Crippen molar-refractivity contribution in [2.24, 2.45) is 0 Å². The van der Waals surface area contributed by atoms with Crippen LogP contribution in [0.5, 0.6) is 0 Å². The zero-order valence-corrected chi connectivity index (χ0v) is 9.31. The smallest absolute Gasteiger partial charge is 0.157 e. The summed E-state index contributed by atoms with van der Waals surface area (Å²) < 4.78 is 2.10. The number of hydrogen-bond acceptors (Lipinski definition) is 4. The maximum absolute atomic E-state index is 4.31. The van der Waals surface area contributed by atoms with Gasteiger partial charge in [0, 0.05) is 12.1 Å². The zero-order valence-electron chi connectivity index (χ0n) is 9.31. The van der Waals surface area contributed by atoms with Gasteiger partial charge in [-0.2, -0.15) is 0 Å². The van der Waals surface area contributed by atoms with E-state index in [9.17, 15) is 0 Å². The minimum Gasteiger partial charge on any atom is -0.361 e. The van der Waals surface area contributed by atoms with Gasteiger partial charge in [-0.25, -0.2) is 4.98 Å². The van der Waals surface area contributed by atoms with Gasteiger partial charge in [0.05, 0.1) is 12.2 Å². The van der Waals surface area contributed by atoms with Gasteiger partial charge in [0.15, 0.2) is 11.6 Å². The number of nitrogens with zero attached hydrogens (tertiary/aromatic N) is 4. The Hall–Kier alpha value is -1.91. The summed E-state index contributed by atoms with van der Waals surface area (Å²) in [6.45, 7) is 4.93. The van der Waals surface area contributed by atoms with Crippen LogP contribution in [0, 0.1) is 0 Å². The average molecular weight is 215 g/mol. The Morgan fingerprint density at radius 3 is 3.06 bits per heavy atom. The number of aromatic nitrogens is 4. The molecule has 0 atom stereocenters. The largest absolute Gasteiger partial charge is 0.361 e. The molecule has 2 aromatic rings. The molecule has 0 unspecified atom stereocenters. The highest BCUT2D eigenvalue weighted by Crippen LogP contribution is 2.27. The van der Waals surface area contributed by atoms with Crippen molar-refractivity contribution < 1.29 is 0 Å². The molecule has 5 nitrogen and oxygen atoms in total. The van der Waals surface area contributed by atoms with E-state index >= 15 is 0 Å². The van der Waals surface area contributed by atoms with Crippen LogP contribution in [0.25, 0.3) is 5.69 Å². The lowest BCUT2D eigenvalue weighted by Gasteiger charge is -2.20. The van der Waals surface area contributed by atoms with Crippen LogP contribution in [-0.2, 0) is 6.54 Å². The van der Waals surface area contributed by atoms with Crippen LogP contribution in [0.1, 0.15) is 31.4 Å². The number of hydrogen-bond donors (Lipinski definition) is 1. The standard InChI is InChI=1S/C11H13N5/c1-7(2)11-15-14-9-6-13-10-8(16(9)11)4-3-5-12-10/h3-5,7H,6H2,1-2H3,(H,12,13). The Labute approximate surface area is 93.5 Å². The summed E-state index contributed by atoms with van der Waals surface area (Å²) in [5, 5.41) is 11.7. The van der Waals surface area contributed by atoms with Crippen molar-refractivity contribution >= 4 is 5.82 Å². The van der Waals surface area contributed by atoms with Crippen molar-refractivity contribution in [1.82, 2.24) is 19.7 Å². The third-order valence-electron chi connectivity index (χ3n) is 2.71. The van der Waals surface area contributed by atoms with Crippen molar-refractivity contribution in [3.63, 3.8) is 0 Å². The van der Waals surface area contributed by atoms with Crippen LogP contribution in [0.2, 0.25) is 0 Å². The lowest BCUT2D eigenvalue weighted by Crippen LogP contribution is -2.18. The van der Waals surface area contributed by atoms with Gasteiger partial charge < -0.3 is 5.32 Å². The van der Waals surface area contributed by atoms with Gasteiger partial charge >= 0.3 is 0 Å². The highest BCUT2D eigenvalue weighted by Gasteiger charge is 2.22. The number of pyridine rings is 1. The zero-order chi connectivity index (χ0) is 11.1. The predicted octanol–water partition coefficient (Wildman–Crippen LogP) is 1.71. The molecule has 82 valence electrons. The second-order valence-electron chi connectivity index (χ2n) is 4.19. The van der Waals surface area contributed by atoms with E-state index in [0.29, 0.717) is 12.5 Å². The van der Waals surface area contributed by atoms with Crippen molar-refractivity contribution in [3.8, 4) is 5.69 Å². The number of anilines is 1. The summed E-state index contributed by atoms with van der Waals surface area (Å²) in [5.74, 6) is 3.19. The first-order valence-electron chi connectivity index (χ1n) is 5.41. The van der Waals surface area contributed by atoms with Crippen LogP contribution in [-0.4, -0.2) is 19.7 Å². The summed E-state index contributed by atoms with van der Waals surface area (Å²) in [4.78, 5) is 4.31. The highest BCUT2D eigenvalue weighted by atomic mass is 15.3. The fourth-order valence-electron chi connectivity index (χ4n) is 1.96. The Morgan fingerprint density at radius 2 is 2.25 bits per heavy atom. The normalized spacial score (nSPS) is 13.2. The van der Waals surface area contributed by atoms with E-state index in [-0.39, 0.29) is 0 Å². The first-order valence-corrected chi connectivity index (χ1v) is 5.41. The van der Waals surface area contributed by atoms with E-state index < -0.39 is 0 Å². The van der Waals surface area contributed by atoms with E-state index in [2.05, 4.69) is 38.9 Å². The van der Waals surface area contributed by atoms with E-state index in [1.165, 1.54) is 0 Å². The second kappa shape index (κ2) is 3.30. The summed E-state index contributed by atoms with van der Waals surface area (Å²) in [5.41, 5.74) is 1.04. The topological polar surface area (TPSA) is 55.6 Å². The van der Waals surface area contributed by atoms with Crippen molar-refractivity contribution in [2.45, 2.75) is 26.3 Å². The molecule has 0 fully saturated rings. The molecule has 5 heteroatoms. The quantitative estimate of drug-likeness (QED) is 0.786. The van der Waals surface area contributed by atoms with Gasteiger partial charge in [0.1, 0.15) is 5.82 Å². The molecule has 0 saturated carbocycles. The van der Waals surface area contributed by atoms with Crippen LogP contribution in [0.4, 0.5) is 5.82 Å². The molecule has 0 bridgehead atoms. The van der Waals surface area contributed by atoms with Gasteiger partial charge in [-0.05, 0) is 12.1 Å². The van der Waals surface area contributed by atoms with Gasteiger partial charge in [-0.1, -0.05) is 13.8 Å². The third-order valence-corrected chi connectivity index (χ3v) is 2.71. The first kappa shape index (κ1) is 9.33. The SMILES string of the molecule is CC(C)c1nnc2n1-c1cccnc1NC2. The molecule has 16 heavy (non-hydrogen) atoms. The number of nitrogens with one attached hydrogen (secondary N) is 1. The predicted molar refractivity (Wildman–Crippen MR) is 60.6 cm³/mol. The molecule has 3 heterocycles. The van der Waals surface area contributed by atoms with Gasteiger partial charge in [-0.3, -0.25) is 4.57 Å². The molecule has 0 radical (unpaired) electrons. The van der Waals surface area contributed by atoms with Crippen LogP contribution in [0.3, 0.4) is 0 Å². The van der Waals surface area contributed by atoms with Gasteiger partial charge in [-0.15, -0.1) is 10.2 Å². The molecular weight excluding hydrogens is 202 g/mol. The minimum absolute atomic E-state index is 0.354. The Balaban J connectivity index is 2.25. The molecular formula is C11H13N5. The minimum atomic E-state index is 0.354. The molecule has 0 saturated heterocycles. The highest BCUT2D eigenvalue weighted by molar-refractivity contribution is 5.58. The Kier molecular flexibility index (Phi) is 1.92. The fraction of sp³-hybridized carbons (Fsp3) is 0.364. The molecule has 0 amide bonds. The lowest BCUT2D eigenvalue weighted by atomic mass is 10.2. The monoisotopic (exact) mass is 215 g/mol. The van der Waals surface area contributed by atoms with Gasteiger partial charge in [0.2, 0.25) is 0 Å². The average Bonchev–Trinajstić information content (AvgIpc) is 2.73. The van der Waals surface area contributed by atoms with Crippen LogP contribution in [0.15, 0.2) is 18.3 Å². The summed E-state index contributed by atoms with van der Waals surface area (Å²) >= 11 is 0. The van der Waals surface area contributed by atoms with Crippen molar-refractivity contribution in [2.75, 3.05) is 5.32 Å². The van der Waals surface area contributed by atoms with Crippen molar-refractivity contribution in [1.29, 1.82) is 0 Å². The summed E-state index contributed by atoms with van der Waals surface area (Å²) in [7, 11) is 0. The number of rotatable bonds is 1. The second-order valence-corrected chi connectivity index (χ2v) is 4.19. The summed E-state index contributed by atoms with van der Waals surface area (Å²) in [6, 6.07) is 3.97. The Morgan fingerprint density at radius 1 is 1.38 bits per heavy atom. The molecule has 2 aromatic heterocycles.